The number of aryl methyl sites for hydroxylation is 4. The Bertz CT molecular complexity index is 634. The first-order valence-corrected chi connectivity index (χ1v) is 6.26. The van der Waals surface area contributed by atoms with Crippen LogP contribution in [0.25, 0.3) is 11.1 Å². The molecule has 1 nitrogen and oxygen atoms in total. The van der Waals surface area contributed by atoms with E-state index in [1.807, 2.05) is 12.1 Å². The first-order chi connectivity index (χ1) is 8.49. The molecule has 0 saturated carbocycles. The molecule has 18 heavy (non-hydrogen) atoms. The SMILES string of the molecule is Cc1cc2c(cc1C)-c1cc(C)c(C)cc1C2=O. The Morgan fingerprint density at radius 1 is 0.556 bits per heavy atom. The molecule has 0 aliphatic heterocycles. The molecule has 0 spiro atoms. The van der Waals surface area contributed by atoms with Gasteiger partial charge in [0.25, 0.3) is 0 Å². The zero-order valence-corrected chi connectivity index (χ0v) is 11.2. The van der Waals surface area contributed by atoms with Crippen LogP contribution in [0.1, 0.15) is 38.2 Å². The van der Waals surface area contributed by atoms with Gasteiger partial charge in [0.15, 0.2) is 5.78 Å². The largest absolute Gasteiger partial charge is 0.289 e. The number of carbonyl (C=O) groups excluding carboxylic acids is 1. The normalized spacial score (nSPS) is 12.6. The predicted molar refractivity (Wildman–Crippen MR) is 74.3 cm³/mol. The third-order valence-electron chi connectivity index (χ3n) is 4.05. The molecule has 0 radical (unpaired) electrons. The highest BCUT2D eigenvalue weighted by Gasteiger charge is 2.27. The fourth-order valence-electron chi connectivity index (χ4n) is 2.60. The molecular weight excluding hydrogens is 220 g/mol. The molecule has 0 unspecified atom stereocenters. The Morgan fingerprint density at radius 3 is 1.17 bits per heavy atom. The summed E-state index contributed by atoms with van der Waals surface area (Å²) in [6.45, 7) is 8.31. The number of rotatable bonds is 0. The minimum absolute atomic E-state index is 0.172. The van der Waals surface area contributed by atoms with E-state index in [0.29, 0.717) is 0 Å². The highest BCUT2D eigenvalue weighted by molar-refractivity contribution is 6.22. The van der Waals surface area contributed by atoms with Crippen molar-refractivity contribution in [3.63, 3.8) is 0 Å². The van der Waals surface area contributed by atoms with Crippen LogP contribution in [-0.2, 0) is 0 Å². The summed E-state index contributed by atoms with van der Waals surface area (Å²) in [5.41, 5.74) is 8.77. The Kier molecular flexibility index (Phi) is 2.21. The topological polar surface area (TPSA) is 17.1 Å². The highest BCUT2D eigenvalue weighted by atomic mass is 16.1. The summed E-state index contributed by atoms with van der Waals surface area (Å²) in [5, 5.41) is 0. The molecule has 0 fully saturated rings. The van der Waals surface area contributed by atoms with Gasteiger partial charge < -0.3 is 0 Å². The van der Waals surface area contributed by atoms with E-state index < -0.39 is 0 Å². The molecule has 1 heteroatoms. The van der Waals surface area contributed by atoms with Crippen LogP contribution >= 0.6 is 0 Å². The molecule has 1 aliphatic rings. The van der Waals surface area contributed by atoms with E-state index >= 15 is 0 Å². The number of carbonyl (C=O) groups is 1. The van der Waals surface area contributed by atoms with Crippen molar-refractivity contribution < 1.29 is 4.79 Å². The lowest BCUT2D eigenvalue weighted by molar-refractivity contribution is 0.104. The number of benzene rings is 2. The number of hydrogen-bond acceptors (Lipinski definition) is 1. The molecule has 0 atom stereocenters. The van der Waals surface area contributed by atoms with E-state index in [2.05, 4.69) is 39.8 Å². The molecule has 2 aromatic carbocycles. The maximum absolute atomic E-state index is 12.4. The third-order valence-corrected chi connectivity index (χ3v) is 4.05. The molecule has 0 aromatic heterocycles. The van der Waals surface area contributed by atoms with Crippen molar-refractivity contribution in [1.29, 1.82) is 0 Å². The van der Waals surface area contributed by atoms with Gasteiger partial charge in [-0.2, -0.15) is 0 Å². The molecule has 3 rings (SSSR count). The summed E-state index contributed by atoms with van der Waals surface area (Å²) in [6.07, 6.45) is 0. The van der Waals surface area contributed by atoms with E-state index in [1.54, 1.807) is 0 Å². The van der Waals surface area contributed by atoms with Crippen molar-refractivity contribution in [3.8, 4) is 11.1 Å². The van der Waals surface area contributed by atoms with Gasteiger partial charge in [0.2, 0.25) is 0 Å². The smallest absolute Gasteiger partial charge is 0.194 e. The van der Waals surface area contributed by atoms with Gasteiger partial charge in [-0.05, 0) is 73.2 Å². The monoisotopic (exact) mass is 236 g/mol. The number of hydrogen-bond donors (Lipinski definition) is 0. The van der Waals surface area contributed by atoms with Crippen molar-refractivity contribution in [2.24, 2.45) is 0 Å². The molecule has 0 bridgehead atoms. The van der Waals surface area contributed by atoms with Crippen molar-refractivity contribution in [2.75, 3.05) is 0 Å². The summed E-state index contributed by atoms with van der Waals surface area (Å²) in [6, 6.07) is 8.33. The van der Waals surface area contributed by atoms with Crippen molar-refractivity contribution in [3.05, 3.63) is 57.6 Å². The van der Waals surface area contributed by atoms with Crippen LogP contribution in [0.2, 0.25) is 0 Å². The molecule has 1 aliphatic carbocycles. The van der Waals surface area contributed by atoms with E-state index in [1.165, 1.54) is 22.3 Å². The molecule has 90 valence electrons. The van der Waals surface area contributed by atoms with E-state index in [9.17, 15) is 4.79 Å². The van der Waals surface area contributed by atoms with Gasteiger partial charge in [-0.1, -0.05) is 12.1 Å². The lowest BCUT2D eigenvalue weighted by atomic mass is 9.98. The van der Waals surface area contributed by atoms with Crippen LogP contribution in [0.4, 0.5) is 0 Å². The highest BCUT2D eigenvalue weighted by Crippen LogP contribution is 2.39. The lowest BCUT2D eigenvalue weighted by Crippen LogP contribution is -1.97. The van der Waals surface area contributed by atoms with E-state index in [-0.39, 0.29) is 5.78 Å². The van der Waals surface area contributed by atoms with Gasteiger partial charge >= 0.3 is 0 Å². The Hall–Kier alpha value is -1.89. The molecule has 0 amide bonds. The van der Waals surface area contributed by atoms with Crippen molar-refractivity contribution in [1.82, 2.24) is 0 Å². The zero-order valence-electron chi connectivity index (χ0n) is 11.2. The van der Waals surface area contributed by atoms with E-state index in [4.69, 9.17) is 0 Å². The quantitative estimate of drug-likeness (QED) is 0.573. The molecule has 0 N–H and O–H groups in total. The van der Waals surface area contributed by atoms with Gasteiger partial charge in [0.05, 0.1) is 0 Å². The number of fused-ring (bicyclic) bond motifs is 3. The minimum atomic E-state index is 0.172. The molecule has 2 aromatic rings. The van der Waals surface area contributed by atoms with Gasteiger partial charge in [0, 0.05) is 11.1 Å². The summed E-state index contributed by atoms with van der Waals surface area (Å²) in [5.74, 6) is 0.172. The van der Waals surface area contributed by atoms with Gasteiger partial charge in [-0.15, -0.1) is 0 Å². The molecular formula is C17H16O. The summed E-state index contributed by atoms with van der Waals surface area (Å²) >= 11 is 0. The average molecular weight is 236 g/mol. The number of ketones is 1. The predicted octanol–water partition coefficient (Wildman–Crippen LogP) is 4.13. The van der Waals surface area contributed by atoms with Crippen molar-refractivity contribution in [2.45, 2.75) is 27.7 Å². The average Bonchev–Trinajstić information content (AvgIpc) is 2.56. The van der Waals surface area contributed by atoms with Crippen LogP contribution < -0.4 is 0 Å². The third kappa shape index (κ3) is 1.37. The Balaban J connectivity index is 2.37. The van der Waals surface area contributed by atoms with Crippen LogP contribution in [0.15, 0.2) is 24.3 Å². The second-order valence-electron chi connectivity index (χ2n) is 5.29. The van der Waals surface area contributed by atoms with Gasteiger partial charge in [-0.3, -0.25) is 4.79 Å². The zero-order chi connectivity index (χ0) is 13.0. The fraction of sp³-hybridized carbons (Fsp3) is 0.235. The summed E-state index contributed by atoms with van der Waals surface area (Å²) in [7, 11) is 0. The van der Waals surface area contributed by atoms with Crippen LogP contribution in [0.5, 0.6) is 0 Å². The van der Waals surface area contributed by atoms with Crippen LogP contribution in [0.3, 0.4) is 0 Å². The molecule has 0 heterocycles. The standard InChI is InChI=1S/C17H16O/c1-9-5-13-14-6-10(2)12(4)8-16(14)17(18)15(13)7-11(9)3/h5-8H,1-4H3. The first-order valence-electron chi connectivity index (χ1n) is 6.26. The second kappa shape index (κ2) is 3.55. The van der Waals surface area contributed by atoms with Crippen molar-refractivity contribution >= 4 is 5.78 Å². The van der Waals surface area contributed by atoms with Gasteiger partial charge in [-0.25, -0.2) is 0 Å². The first kappa shape index (κ1) is 11.2. The van der Waals surface area contributed by atoms with Gasteiger partial charge in [0.1, 0.15) is 0 Å². The van der Waals surface area contributed by atoms with Crippen LogP contribution in [0, 0.1) is 27.7 Å². The summed E-state index contributed by atoms with van der Waals surface area (Å²) < 4.78 is 0. The maximum atomic E-state index is 12.4. The maximum Gasteiger partial charge on any atom is 0.194 e. The van der Waals surface area contributed by atoms with Crippen LogP contribution in [-0.4, -0.2) is 5.78 Å². The molecule has 0 saturated heterocycles. The second-order valence-corrected chi connectivity index (χ2v) is 5.29. The Labute approximate surface area is 107 Å². The minimum Gasteiger partial charge on any atom is -0.289 e. The fourth-order valence-corrected chi connectivity index (χ4v) is 2.60. The van der Waals surface area contributed by atoms with E-state index in [0.717, 1.165) is 22.3 Å². The summed E-state index contributed by atoms with van der Waals surface area (Å²) in [4.78, 5) is 12.4. The lowest BCUT2D eigenvalue weighted by Gasteiger charge is -2.06. The Morgan fingerprint density at radius 2 is 0.833 bits per heavy atom.